The first-order valence-corrected chi connectivity index (χ1v) is 20.6. The maximum atomic E-state index is 6.43. The number of fused-ring (bicyclic) bond motifs is 12. The van der Waals surface area contributed by atoms with Gasteiger partial charge in [-0.2, -0.15) is 0 Å². The maximum Gasteiger partial charge on any atom is 0.135 e. The third-order valence-corrected chi connectivity index (χ3v) is 12.5. The minimum Gasteiger partial charge on any atom is -0.456 e. The number of allylic oxidation sites excluding steroid dienone is 3. The van der Waals surface area contributed by atoms with Crippen molar-refractivity contribution in [2.75, 3.05) is 11.9 Å². The van der Waals surface area contributed by atoms with Crippen LogP contribution in [0.4, 0.5) is 5.69 Å². The zero-order valence-corrected chi connectivity index (χ0v) is 32.5. The van der Waals surface area contributed by atoms with Gasteiger partial charge in [0.15, 0.2) is 0 Å². The van der Waals surface area contributed by atoms with Crippen molar-refractivity contribution in [3.8, 4) is 33.6 Å². The molecule has 1 N–H and O–H groups in total. The number of aromatic nitrogens is 3. The summed E-state index contributed by atoms with van der Waals surface area (Å²) in [6, 6.07) is 47.8. The zero-order chi connectivity index (χ0) is 39.3. The Morgan fingerprint density at radius 2 is 1.13 bits per heavy atom. The van der Waals surface area contributed by atoms with Gasteiger partial charge < -0.3 is 23.3 Å². The molecule has 13 rings (SSSR count). The van der Waals surface area contributed by atoms with Crippen molar-refractivity contribution >= 4 is 83.7 Å². The summed E-state index contributed by atoms with van der Waals surface area (Å²) >= 11 is 0. The van der Waals surface area contributed by atoms with Crippen molar-refractivity contribution in [2.24, 2.45) is 0 Å². The first-order chi connectivity index (χ1) is 29.7. The predicted octanol–water partition coefficient (Wildman–Crippen LogP) is 14.1. The van der Waals surface area contributed by atoms with Gasteiger partial charge in [-0.05, 0) is 132 Å². The summed E-state index contributed by atoms with van der Waals surface area (Å²) in [5, 5.41) is 9.21. The van der Waals surface area contributed by atoms with E-state index in [4.69, 9.17) is 13.8 Å². The van der Waals surface area contributed by atoms with Crippen LogP contribution in [0.1, 0.15) is 23.4 Å². The minimum atomic E-state index is 0.828. The van der Waals surface area contributed by atoms with Crippen LogP contribution in [0.5, 0.6) is 0 Å². The molecule has 6 nitrogen and oxygen atoms in total. The van der Waals surface area contributed by atoms with E-state index in [9.17, 15) is 0 Å². The average molecular weight is 773 g/mol. The van der Waals surface area contributed by atoms with Crippen molar-refractivity contribution in [3.63, 3.8) is 0 Å². The van der Waals surface area contributed by atoms with Gasteiger partial charge in [0, 0.05) is 56.6 Å². The Morgan fingerprint density at radius 1 is 0.500 bits per heavy atom. The molecule has 6 aromatic carbocycles. The zero-order valence-electron chi connectivity index (χ0n) is 32.5. The Labute approximate surface area is 344 Å². The molecule has 0 spiro atoms. The summed E-state index contributed by atoms with van der Waals surface area (Å²) in [7, 11) is 0. The molecule has 0 saturated carbocycles. The fraction of sp³-hybridized carbons (Fsp3) is 0.0556. The molecule has 0 atom stereocenters. The Morgan fingerprint density at radius 3 is 1.87 bits per heavy atom. The van der Waals surface area contributed by atoms with E-state index in [2.05, 4.69) is 178 Å². The first kappa shape index (κ1) is 33.2. The predicted molar refractivity (Wildman–Crippen MR) is 247 cm³/mol. The van der Waals surface area contributed by atoms with Gasteiger partial charge in [0.25, 0.3) is 0 Å². The summed E-state index contributed by atoms with van der Waals surface area (Å²) in [6.07, 6.45) is 17.0. The van der Waals surface area contributed by atoms with Crippen molar-refractivity contribution in [1.82, 2.24) is 14.1 Å². The van der Waals surface area contributed by atoms with Gasteiger partial charge in [-0.15, -0.1) is 0 Å². The van der Waals surface area contributed by atoms with Gasteiger partial charge in [0.2, 0.25) is 0 Å². The number of hydrogen-bond acceptors (Lipinski definition) is 4. The number of aryl methyl sites for hydroxylation is 1. The van der Waals surface area contributed by atoms with Crippen LogP contribution in [0.3, 0.4) is 0 Å². The molecule has 284 valence electrons. The number of benzene rings is 6. The number of anilines is 1. The van der Waals surface area contributed by atoms with Crippen molar-refractivity contribution in [2.45, 2.75) is 12.8 Å². The lowest BCUT2D eigenvalue weighted by molar-refractivity contribution is 0.668. The fourth-order valence-electron chi connectivity index (χ4n) is 9.70. The molecule has 0 unspecified atom stereocenters. The Bertz CT molecular complexity index is 3680. The highest BCUT2D eigenvalue weighted by atomic mass is 16.3. The van der Waals surface area contributed by atoms with Crippen LogP contribution in [-0.2, 0) is 6.42 Å². The lowest BCUT2D eigenvalue weighted by atomic mass is 9.97. The number of furan rings is 2. The molecule has 0 amide bonds. The van der Waals surface area contributed by atoms with Crippen LogP contribution in [0.2, 0.25) is 0 Å². The molecular formula is C54H36N4O2. The van der Waals surface area contributed by atoms with Crippen molar-refractivity contribution in [1.29, 1.82) is 0 Å². The molecule has 60 heavy (non-hydrogen) atoms. The van der Waals surface area contributed by atoms with Crippen LogP contribution >= 0.6 is 0 Å². The summed E-state index contributed by atoms with van der Waals surface area (Å²) < 4.78 is 17.5. The summed E-state index contributed by atoms with van der Waals surface area (Å²) in [5.41, 5.74) is 18.5. The highest BCUT2D eigenvalue weighted by molar-refractivity contribution is 6.09. The number of pyridine rings is 1. The summed E-state index contributed by atoms with van der Waals surface area (Å²) in [6.45, 7) is 0.828. The molecule has 5 aromatic heterocycles. The van der Waals surface area contributed by atoms with E-state index in [-0.39, 0.29) is 0 Å². The smallest absolute Gasteiger partial charge is 0.135 e. The number of nitrogens with one attached hydrogen (secondary N) is 1. The van der Waals surface area contributed by atoms with Crippen molar-refractivity contribution in [3.05, 3.63) is 181 Å². The van der Waals surface area contributed by atoms with E-state index in [0.29, 0.717) is 0 Å². The SMILES string of the molecule is C1=Cc2c(c3ncccc3n2-c2ccc3oc4ccc(-c5cccc(-c6ccc7oc8ccc(-n9c%10c(c%11ccccc%119)NCC=C%10)cc8c7c6)c5)cc4c3c2)CC/C=C\1. The van der Waals surface area contributed by atoms with E-state index in [1.807, 2.05) is 12.3 Å². The van der Waals surface area contributed by atoms with Crippen LogP contribution in [0.25, 0.3) is 112 Å². The average Bonchev–Trinajstić information content (AvgIpc) is 4.03. The molecule has 0 bridgehead atoms. The van der Waals surface area contributed by atoms with Gasteiger partial charge in [-0.25, -0.2) is 0 Å². The fourth-order valence-corrected chi connectivity index (χ4v) is 9.70. The molecule has 11 aromatic rings. The molecule has 0 fully saturated rings. The van der Waals surface area contributed by atoms with Crippen LogP contribution in [0.15, 0.2) is 173 Å². The standard InChI is InChI=1S/C54H36N4O2/c1-2-4-14-45-39(12-3-1)53-47(16-8-26-55-53)57(45)37-20-24-51-43(31-37)41-29-35(18-22-49(41)59-51)33-10-7-11-34(28-33)36-19-23-50-42(30-36)44-32-38(21-25-52(44)60-50)58-46-15-6-5-13-40(46)54-48(58)17-9-27-56-54/h1-2,4-11,13-26,28-32,56H,3,12,27H2/b2-1-,14-4?. The van der Waals surface area contributed by atoms with Gasteiger partial charge in [0.05, 0.1) is 33.6 Å². The third-order valence-electron chi connectivity index (χ3n) is 12.5. The van der Waals surface area contributed by atoms with E-state index < -0.39 is 0 Å². The lowest BCUT2D eigenvalue weighted by Gasteiger charge is -2.13. The summed E-state index contributed by atoms with van der Waals surface area (Å²) in [5.74, 6) is 0. The van der Waals surface area contributed by atoms with E-state index in [0.717, 1.165) is 108 Å². The monoisotopic (exact) mass is 772 g/mol. The summed E-state index contributed by atoms with van der Waals surface area (Å²) in [4.78, 5) is 4.84. The van der Waals surface area contributed by atoms with Gasteiger partial charge >= 0.3 is 0 Å². The topological polar surface area (TPSA) is 61.1 Å². The first-order valence-electron chi connectivity index (χ1n) is 20.6. The second kappa shape index (κ2) is 12.8. The minimum absolute atomic E-state index is 0.828. The largest absolute Gasteiger partial charge is 0.456 e. The lowest BCUT2D eigenvalue weighted by Crippen LogP contribution is -2.05. The molecule has 1 aliphatic carbocycles. The number of hydrogen-bond donors (Lipinski definition) is 1. The second-order valence-corrected chi connectivity index (χ2v) is 15.9. The van der Waals surface area contributed by atoms with Gasteiger partial charge in [-0.1, -0.05) is 72.8 Å². The van der Waals surface area contributed by atoms with E-state index >= 15 is 0 Å². The number of rotatable bonds is 4. The molecule has 6 heterocycles. The molecule has 0 saturated heterocycles. The highest BCUT2D eigenvalue weighted by Crippen LogP contribution is 2.41. The maximum absolute atomic E-state index is 6.43. The van der Waals surface area contributed by atoms with Crippen LogP contribution in [0, 0.1) is 0 Å². The Kier molecular flexibility index (Phi) is 7.10. The van der Waals surface area contributed by atoms with Crippen molar-refractivity contribution < 1.29 is 8.83 Å². The normalized spacial score (nSPS) is 14.3. The highest BCUT2D eigenvalue weighted by Gasteiger charge is 2.21. The number of nitrogens with zero attached hydrogens (tertiary/aromatic N) is 3. The molecular weight excluding hydrogens is 737 g/mol. The van der Waals surface area contributed by atoms with Crippen LogP contribution in [-0.4, -0.2) is 20.7 Å². The van der Waals surface area contributed by atoms with E-state index in [1.54, 1.807) is 0 Å². The quantitative estimate of drug-likeness (QED) is 0.194. The van der Waals surface area contributed by atoms with Gasteiger partial charge in [-0.3, -0.25) is 4.98 Å². The Hall–Kier alpha value is -7.83. The van der Waals surface area contributed by atoms with E-state index in [1.165, 1.54) is 33.5 Å². The molecule has 6 heteroatoms. The Balaban J connectivity index is 0.898. The van der Waals surface area contributed by atoms with Gasteiger partial charge in [0.1, 0.15) is 22.3 Å². The third kappa shape index (κ3) is 4.97. The molecule has 0 radical (unpaired) electrons. The second-order valence-electron chi connectivity index (χ2n) is 15.9. The van der Waals surface area contributed by atoms with Crippen LogP contribution < -0.4 is 5.32 Å². The number of para-hydroxylation sites is 1. The molecule has 1 aliphatic heterocycles. The molecule has 2 aliphatic rings.